The molecule has 0 radical (unpaired) electrons. The maximum atomic E-state index is 13.6. The molecule has 2 aromatic rings. The zero-order valence-electron chi connectivity index (χ0n) is 11.7. The van der Waals surface area contributed by atoms with Crippen LogP contribution in [0, 0.1) is 0 Å². The van der Waals surface area contributed by atoms with Crippen LogP contribution in [-0.4, -0.2) is 5.16 Å². The molecule has 0 fully saturated rings. The lowest BCUT2D eigenvalue weighted by molar-refractivity contribution is 0.555. The Hall–Kier alpha value is -1.33. The number of rotatable bonds is 0. The summed E-state index contributed by atoms with van der Waals surface area (Å²) in [5, 5.41) is 0.859. The SMILES string of the molecule is CC(C)(C)P1(=O)Cc2ccccc2-c2ccccc21. The summed E-state index contributed by atoms with van der Waals surface area (Å²) in [6, 6.07) is 16.6. The second-order valence-electron chi connectivity index (χ2n) is 6.24. The van der Waals surface area contributed by atoms with Gasteiger partial charge in [0.05, 0.1) is 0 Å². The third kappa shape index (κ3) is 1.80. The van der Waals surface area contributed by atoms with Crippen molar-refractivity contribution in [2.24, 2.45) is 0 Å². The van der Waals surface area contributed by atoms with Gasteiger partial charge in [-0.05, 0) is 16.7 Å². The van der Waals surface area contributed by atoms with Crippen molar-refractivity contribution in [1.29, 1.82) is 0 Å². The van der Waals surface area contributed by atoms with Crippen LogP contribution in [-0.2, 0) is 10.7 Å². The first-order valence-electron chi connectivity index (χ1n) is 6.70. The first-order valence-corrected chi connectivity index (χ1v) is 8.60. The lowest BCUT2D eigenvalue weighted by Crippen LogP contribution is -2.28. The minimum Gasteiger partial charge on any atom is -0.318 e. The fourth-order valence-corrected chi connectivity index (χ4v) is 5.89. The quantitative estimate of drug-likeness (QED) is 0.637. The van der Waals surface area contributed by atoms with Crippen LogP contribution in [0.15, 0.2) is 48.5 Å². The zero-order chi connectivity index (χ0) is 13.7. The highest BCUT2D eigenvalue weighted by atomic mass is 31.2. The van der Waals surface area contributed by atoms with Crippen molar-refractivity contribution in [3.63, 3.8) is 0 Å². The summed E-state index contributed by atoms with van der Waals surface area (Å²) in [7, 11) is -2.42. The molecule has 0 N–H and O–H groups in total. The van der Waals surface area contributed by atoms with E-state index >= 15 is 0 Å². The maximum absolute atomic E-state index is 13.6. The van der Waals surface area contributed by atoms with Gasteiger partial charge in [-0.25, -0.2) is 0 Å². The molecule has 1 heterocycles. The number of benzene rings is 2. The van der Waals surface area contributed by atoms with Crippen LogP contribution in [0.1, 0.15) is 26.3 Å². The van der Waals surface area contributed by atoms with Gasteiger partial charge in [0, 0.05) is 16.6 Å². The first kappa shape index (κ1) is 12.7. The van der Waals surface area contributed by atoms with Crippen molar-refractivity contribution in [3.8, 4) is 11.1 Å². The summed E-state index contributed by atoms with van der Waals surface area (Å²) in [5.41, 5.74) is 3.62. The molecule has 2 aromatic carbocycles. The molecular weight excluding hydrogens is 251 g/mol. The van der Waals surface area contributed by atoms with Crippen molar-refractivity contribution in [2.45, 2.75) is 32.1 Å². The fraction of sp³-hybridized carbons (Fsp3) is 0.294. The fourth-order valence-electron chi connectivity index (χ4n) is 2.86. The maximum Gasteiger partial charge on any atom is 0.125 e. The molecule has 0 saturated heterocycles. The molecule has 0 saturated carbocycles. The summed E-state index contributed by atoms with van der Waals surface area (Å²) >= 11 is 0. The normalized spacial score (nSPS) is 21.6. The van der Waals surface area contributed by atoms with E-state index in [1.165, 1.54) is 11.1 Å². The van der Waals surface area contributed by atoms with Gasteiger partial charge >= 0.3 is 0 Å². The van der Waals surface area contributed by atoms with Gasteiger partial charge in [-0.2, -0.15) is 0 Å². The molecule has 1 aliphatic rings. The molecule has 0 spiro atoms. The number of hydrogen-bond acceptors (Lipinski definition) is 1. The molecule has 98 valence electrons. The third-order valence-electron chi connectivity index (χ3n) is 4.08. The van der Waals surface area contributed by atoms with E-state index in [0.29, 0.717) is 6.16 Å². The topological polar surface area (TPSA) is 17.1 Å². The highest BCUT2D eigenvalue weighted by molar-refractivity contribution is 7.72. The van der Waals surface area contributed by atoms with E-state index in [2.05, 4.69) is 51.1 Å². The van der Waals surface area contributed by atoms with Gasteiger partial charge in [0.25, 0.3) is 0 Å². The van der Waals surface area contributed by atoms with E-state index in [1.807, 2.05) is 18.2 Å². The van der Waals surface area contributed by atoms with Gasteiger partial charge in [0.1, 0.15) is 7.14 Å². The molecule has 0 bridgehead atoms. The molecule has 0 aliphatic carbocycles. The molecule has 2 heteroatoms. The molecular formula is C17H19OP. The van der Waals surface area contributed by atoms with Crippen LogP contribution in [0.4, 0.5) is 0 Å². The van der Waals surface area contributed by atoms with Crippen molar-refractivity contribution in [1.82, 2.24) is 0 Å². The molecule has 1 atom stereocenters. The number of hydrogen-bond donors (Lipinski definition) is 0. The lowest BCUT2D eigenvalue weighted by atomic mass is 10.0. The van der Waals surface area contributed by atoms with Crippen molar-refractivity contribution >= 4 is 12.4 Å². The summed E-state index contributed by atoms with van der Waals surface area (Å²) in [4.78, 5) is 0. The van der Waals surface area contributed by atoms with Crippen LogP contribution in [0.2, 0.25) is 0 Å². The minimum atomic E-state index is -2.42. The highest BCUT2D eigenvalue weighted by Crippen LogP contribution is 2.63. The molecule has 1 nitrogen and oxygen atoms in total. The smallest absolute Gasteiger partial charge is 0.125 e. The largest absolute Gasteiger partial charge is 0.318 e. The molecule has 0 aromatic heterocycles. The predicted octanol–water partition coefficient (Wildman–Crippen LogP) is 4.65. The monoisotopic (exact) mass is 270 g/mol. The molecule has 3 rings (SSSR count). The first-order chi connectivity index (χ1) is 8.93. The Morgan fingerprint density at radius 1 is 0.895 bits per heavy atom. The van der Waals surface area contributed by atoms with E-state index in [9.17, 15) is 4.57 Å². The zero-order valence-corrected chi connectivity index (χ0v) is 12.6. The van der Waals surface area contributed by atoms with Gasteiger partial charge in [0.15, 0.2) is 0 Å². The Kier molecular flexibility index (Phi) is 2.73. The van der Waals surface area contributed by atoms with Gasteiger partial charge < -0.3 is 4.57 Å². The standard InChI is InChI=1S/C17H19OP/c1-17(2,3)19(18)12-13-8-4-5-9-14(13)15-10-6-7-11-16(15)19/h4-11H,12H2,1-3H3. The highest BCUT2D eigenvalue weighted by Gasteiger charge is 2.42. The molecule has 1 unspecified atom stereocenters. The van der Waals surface area contributed by atoms with E-state index < -0.39 is 7.14 Å². The average Bonchev–Trinajstić information content (AvgIpc) is 2.38. The Labute approximate surface area is 115 Å². The van der Waals surface area contributed by atoms with Crippen LogP contribution >= 0.6 is 7.14 Å². The molecule has 0 amide bonds. The minimum absolute atomic E-state index is 0.198. The van der Waals surface area contributed by atoms with Crippen molar-refractivity contribution in [3.05, 3.63) is 54.1 Å². The summed E-state index contributed by atoms with van der Waals surface area (Å²) in [6.07, 6.45) is 0.684. The van der Waals surface area contributed by atoms with Crippen molar-refractivity contribution < 1.29 is 4.57 Å². The Bertz CT molecular complexity index is 680. The molecule has 1 aliphatic heterocycles. The molecule has 19 heavy (non-hydrogen) atoms. The Balaban J connectivity index is 2.35. The van der Waals surface area contributed by atoms with Gasteiger partial charge in [-0.15, -0.1) is 0 Å². The third-order valence-corrected chi connectivity index (χ3v) is 8.20. The lowest BCUT2D eigenvalue weighted by Gasteiger charge is -2.37. The second-order valence-corrected chi connectivity index (χ2v) is 9.86. The summed E-state index contributed by atoms with van der Waals surface area (Å²) in [5.74, 6) is 0. The average molecular weight is 270 g/mol. The summed E-state index contributed by atoms with van der Waals surface area (Å²) in [6.45, 7) is 6.29. The Morgan fingerprint density at radius 3 is 2.16 bits per heavy atom. The number of fused-ring (bicyclic) bond motifs is 3. The van der Waals surface area contributed by atoms with Crippen LogP contribution < -0.4 is 5.30 Å². The van der Waals surface area contributed by atoms with E-state index in [4.69, 9.17) is 0 Å². The van der Waals surface area contributed by atoms with Gasteiger partial charge in [0.2, 0.25) is 0 Å². The van der Waals surface area contributed by atoms with Crippen molar-refractivity contribution in [2.75, 3.05) is 0 Å². The second kappa shape index (κ2) is 4.08. The van der Waals surface area contributed by atoms with E-state index in [-0.39, 0.29) is 5.16 Å². The van der Waals surface area contributed by atoms with E-state index in [1.54, 1.807) is 0 Å². The van der Waals surface area contributed by atoms with E-state index in [0.717, 1.165) is 10.9 Å². The predicted molar refractivity (Wildman–Crippen MR) is 82.6 cm³/mol. The van der Waals surface area contributed by atoms with Crippen LogP contribution in [0.25, 0.3) is 11.1 Å². The Morgan fingerprint density at radius 2 is 1.47 bits per heavy atom. The summed E-state index contributed by atoms with van der Waals surface area (Å²) < 4.78 is 13.6. The van der Waals surface area contributed by atoms with Crippen LogP contribution in [0.3, 0.4) is 0 Å². The van der Waals surface area contributed by atoms with Gasteiger partial charge in [-0.1, -0.05) is 69.3 Å². The van der Waals surface area contributed by atoms with Crippen LogP contribution in [0.5, 0.6) is 0 Å². The van der Waals surface area contributed by atoms with Gasteiger partial charge in [-0.3, -0.25) is 0 Å².